The highest BCUT2D eigenvalue weighted by Crippen LogP contribution is 2.33. The molecule has 116 valence electrons. The summed E-state index contributed by atoms with van der Waals surface area (Å²) in [5.74, 6) is 2.24. The van der Waals surface area contributed by atoms with E-state index < -0.39 is 0 Å². The number of nitrogens with two attached hydrogens (primary N) is 1. The summed E-state index contributed by atoms with van der Waals surface area (Å²) < 4.78 is 0. The Morgan fingerprint density at radius 3 is 2.50 bits per heavy atom. The number of rotatable bonds is 4. The zero-order valence-electron chi connectivity index (χ0n) is 13.2. The van der Waals surface area contributed by atoms with E-state index in [4.69, 9.17) is 5.73 Å². The predicted octanol–water partition coefficient (Wildman–Crippen LogP) is 3.08. The van der Waals surface area contributed by atoms with Crippen molar-refractivity contribution in [2.24, 2.45) is 29.4 Å². The number of hydrogen-bond donors (Lipinski definition) is 2. The zero-order chi connectivity index (χ0) is 14.5. The van der Waals surface area contributed by atoms with Gasteiger partial charge in [-0.1, -0.05) is 46.0 Å². The highest BCUT2D eigenvalue weighted by atomic mass is 16.1. The first-order valence-electron chi connectivity index (χ1n) is 8.61. The SMILES string of the molecule is CC1CC(C)C(C(=O)NCCC2CCCCC2)CC1N. The Bertz CT molecular complexity index is 312. The average Bonchev–Trinajstić information content (AvgIpc) is 2.44. The molecular weight excluding hydrogens is 248 g/mol. The van der Waals surface area contributed by atoms with Gasteiger partial charge < -0.3 is 11.1 Å². The maximum Gasteiger partial charge on any atom is 0.223 e. The van der Waals surface area contributed by atoms with Crippen LogP contribution in [0, 0.1) is 23.7 Å². The Morgan fingerprint density at radius 2 is 1.80 bits per heavy atom. The average molecular weight is 280 g/mol. The summed E-state index contributed by atoms with van der Waals surface area (Å²) in [5.41, 5.74) is 6.13. The molecule has 2 aliphatic carbocycles. The summed E-state index contributed by atoms with van der Waals surface area (Å²) in [6.07, 6.45) is 9.99. The first kappa shape index (κ1) is 15.8. The van der Waals surface area contributed by atoms with Crippen molar-refractivity contribution >= 4 is 5.91 Å². The second kappa shape index (κ2) is 7.44. The van der Waals surface area contributed by atoms with Crippen LogP contribution in [-0.2, 0) is 4.79 Å². The summed E-state index contributed by atoms with van der Waals surface area (Å²) in [7, 11) is 0. The summed E-state index contributed by atoms with van der Waals surface area (Å²) in [6.45, 7) is 5.27. The van der Waals surface area contributed by atoms with Gasteiger partial charge in [-0.25, -0.2) is 0 Å². The van der Waals surface area contributed by atoms with Gasteiger partial charge in [0, 0.05) is 18.5 Å². The Kier molecular flexibility index (Phi) is 5.88. The molecule has 3 nitrogen and oxygen atoms in total. The number of carbonyl (C=O) groups is 1. The lowest BCUT2D eigenvalue weighted by Crippen LogP contribution is -2.45. The minimum atomic E-state index is 0.132. The van der Waals surface area contributed by atoms with Crippen molar-refractivity contribution in [2.75, 3.05) is 6.54 Å². The van der Waals surface area contributed by atoms with Crippen LogP contribution in [0.5, 0.6) is 0 Å². The fraction of sp³-hybridized carbons (Fsp3) is 0.941. The highest BCUT2D eigenvalue weighted by molar-refractivity contribution is 5.79. The molecule has 2 aliphatic rings. The molecule has 1 amide bonds. The van der Waals surface area contributed by atoms with Crippen LogP contribution in [0.1, 0.15) is 65.2 Å². The van der Waals surface area contributed by atoms with E-state index in [0.717, 1.165) is 31.7 Å². The van der Waals surface area contributed by atoms with E-state index in [9.17, 15) is 4.79 Å². The first-order chi connectivity index (χ1) is 9.58. The van der Waals surface area contributed by atoms with Crippen molar-refractivity contribution in [1.29, 1.82) is 0 Å². The fourth-order valence-corrected chi connectivity index (χ4v) is 4.06. The summed E-state index contributed by atoms with van der Waals surface area (Å²) in [4.78, 5) is 12.3. The topological polar surface area (TPSA) is 55.1 Å². The van der Waals surface area contributed by atoms with Gasteiger partial charge in [0.25, 0.3) is 0 Å². The van der Waals surface area contributed by atoms with Crippen LogP contribution >= 0.6 is 0 Å². The van der Waals surface area contributed by atoms with Crippen molar-refractivity contribution < 1.29 is 4.79 Å². The maximum atomic E-state index is 12.3. The minimum absolute atomic E-state index is 0.132. The number of amides is 1. The van der Waals surface area contributed by atoms with Crippen LogP contribution in [-0.4, -0.2) is 18.5 Å². The molecule has 3 heteroatoms. The molecule has 0 bridgehead atoms. The van der Waals surface area contributed by atoms with E-state index in [2.05, 4.69) is 19.2 Å². The van der Waals surface area contributed by atoms with E-state index in [1.54, 1.807) is 0 Å². The molecular formula is C17H32N2O. The lowest BCUT2D eigenvalue weighted by Gasteiger charge is -2.36. The third kappa shape index (κ3) is 4.21. The van der Waals surface area contributed by atoms with E-state index in [0.29, 0.717) is 11.8 Å². The van der Waals surface area contributed by atoms with Crippen molar-refractivity contribution in [3.8, 4) is 0 Å². The molecule has 0 radical (unpaired) electrons. The van der Waals surface area contributed by atoms with Gasteiger partial charge >= 0.3 is 0 Å². The monoisotopic (exact) mass is 280 g/mol. The van der Waals surface area contributed by atoms with E-state index in [-0.39, 0.29) is 17.9 Å². The lowest BCUT2D eigenvalue weighted by molar-refractivity contribution is -0.128. The van der Waals surface area contributed by atoms with Crippen LogP contribution in [0.15, 0.2) is 0 Å². The lowest BCUT2D eigenvalue weighted by atomic mass is 9.72. The fourth-order valence-electron chi connectivity index (χ4n) is 4.06. The van der Waals surface area contributed by atoms with Gasteiger partial charge in [-0.2, -0.15) is 0 Å². The maximum absolute atomic E-state index is 12.3. The number of nitrogens with one attached hydrogen (secondary N) is 1. The molecule has 0 aromatic heterocycles. The standard InChI is InChI=1S/C17H32N2O/c1-12-10-13(2)16(18)11-15(12)17(20)19-9-8-14-6-4-3-5-7-14/h12-16H,3-11,18H2,1-2H3,(H,19,20). The van der Waals surface area contributed by atoms with E-state index in [1.165, 1.54) is 32.1 Å². The Balaban J connectivity index is 1.71. The Labute approximate surface area is 124 Å². The summed E-state index contributed by atoms with van der Waals surface area (Å²) >= 11 is 0. The molecule has 0 aromatic rings. The molecule has 4 unspecified atom stereocenters. The molecule has 3 N–H and O–H groups in total. The van der Waals surface area contributed by atoms with E-state index in [1.807, 2.05) is 0 Å². The van der Waals surface area contributed by atoms with Gasteiger partial charge in [-0.3, -0.25) is 4.79 Å². The van der Waals surface area contributed by atoms with Gasteiger partial charge in [0.2, 0.25) is 5.91 Å². The Morgan fingerprint density at radius 1 is 1.10 bits per heavy atom. The smallest absolute Gasteiger partial charge is 0.223 e. The second-order valence-electron chi connectivity index (χ2n) is 7.28. The third-order valence-corrected chi connectivity index (χ3v) is 5.60. The molecule has 0 spiro atoms. The van der Waals surface area contributed by atoms with Crippen molar-refractivity contribution in [3.63, 3.8) is 0 Å². The Hall–Kier alpha value is -0.570. The van der Waals surface area contributed by atoms with Crippen LogP contribution in [0.4, 0.5) is 0 Å². The highest BCUT2D eigenvalue weighted by Gasteiger charge is 2.34. The molecule has 0 heterocycles. The summed E-state index contributed by atoms with van der Waals surface area (Å²) in [6, 6.07) is 0.195. The molecule has 0 aromatic carbocycles. The number of hydrogen-bond acceptors (Lipinski definition) is 2. The van der Waals surface area contributed by atoms with Crippen molar-refractivity contribution in [2.45, 2.75) is 71.3 Å². The summed E-state index contributed by atoms with van der Waals surface area (Å²) in [5, 5.41) is 3.17. The normalized spacial score (nSPS) is 35.8. The third-order valence-electron chi connectivity index (χ3n) is 5.60. The van der Waals surface area contributed by atoms with E-state index >= 15 is 0 Å². The molecule has 2 rings (SSSR count). The minimum Gasteiger partial charge on any atom is -0.356 e. The number of carbonyl (C=O) groups excluding carboxylic acids is 1. The second-order valence-corrected chi connectivity index (χ2v) is 7.28. The van der Waals surface area contributed by atoms with Crippen LogP contribution in [0.3, 0.4) is 0 Å². The molecule has 0 saturated heterocycles. The first-order valence-corrected chi connectivity index (χ1v) is 8.61. The zero-order valence-corrected chi connectivity index (χ0v) is 13.2. The van der Waals surface area contributed by atoms with Gasteiger partial charge in [0.15, 0.2) is 0 Å². The largest absolute Gasteiger partial charge is 0.356 e. The van der Waals surface area contributed by atoms with Gasteiger partial charge in [0.05, 0.1) is 0 Å². The molecule has 2 saturated carbocycles. The van der Waals surface area contributed by atoms with Crippen LogP contribution in [0.25, 0.3) is 0 Å². The molecule has 4 atom stereocenters. The van der Waals surface area contributed by atoms with Gasteiger partial charge in [-0.05, 0) is 37.0 Å². The van der Waals surface area contributed by atoms with Crippen LogP contribution in [0.2, 0.25) is 0 Å². The van der Waals surface area contributed by atoms with Crippen LogP contribution < -0.4 is 11.1 Å². The van der Waals surface area contributed by atoms with Gasteiger partial charge in [-0.15, -0.1) is 0 Å². The van der Waals surface area contributed by atoms with Crippen molar-refractivity contribution in [1.82, 2.24) is 5.32 Å². The van der Waals surface area contributed by atoms with Crippen molar-refractivity contribution in [3.05, 3.63) is 0 Å². The molecule has 20 heavy (non-hydrogen) atoms. The van der Waals surface area contributed by atoms with Gasteiger partial charge in [0.1, 0.15) is 0 Å². The predicted molar refractivity (Wildman–Crippen MR) is 83.2 cm³/mol. The molecule has 2 fully saturated rings. The quantitative estimate of drug-likeness (QED) is 0.831. The molecule has 0 aliphatic heterocycles.